The Morgan fingerprint density at radius 3 is 2.86 bits per heavy atom. The molecule has 5 heteroatoms. The molecule has 1 fully saturated rings. The second kappa shape index (κ2) is 5.02. The standard InChI is InChI=1S/C17H12BrNO3/c18-10-2-4-12-9(7-10)1-6-15-16(12)17(19-22-15)13-5-3-11(20)8-14(13)21/h1-2,4,6-7,13H,3,5,8H2/t13-/m1/s1. The number of carbonyl (C=O) groups excluding carboxylic acids is 2. The number of ketones is 2. The van der Waals surface area contributed by atoms with E-state index in [9.17, 15) is 9.59 Å². The third-order valence-corrected chi connectivity index (χ3v) is 4.74. The molecule has 1 saturated carbocycles. The maximum Gasteiger partial charge on any atom is 0.167 e. The first kappa shape index (κ1) is 13.6. The molecule has 1 aliphatic carbocycles. The van der Waals surface area contributed by atoms with Crippen LogP contribution in [0.2, 0.25) is 0 Å². The van der Waals surface area contributed by atoms with Gasteiger partial charge in [-0.15, -0.1) is 0 Å². The van der Waals surface area contributed by atoms with Crippen LogP contribution in [0.15, 0.2) is 39.3 Å². The van der Waals surface area contributed by atoms with Crippen LogP contribution in [-0.4, -0.2) is 16.7 Å². The van der Waals surface area contributed by atoms with Gasteiger partial charge in [0.25, 0.3) is 0 Å². The normalized spacial score (nSPS) is 19.2. The van der Waals surface area contributed by atoms with Crippen molar-refractivity contribution in [1.29, 1.82) is 0 Å². The van der Waals surface area contributed by atoms with E-state index in [1.165, 1.54) is 0 Å². The van der Waals surface area contributed by atoms with Crippen molar-refractivity contribution in [1.82, 2.24) is 5.16 Å². The van der Waals surface area contributed by atoms with Crippen LogP contribution < -0.4 is 0 Å². The molecule has 0 aliphatic heterocycles. The fourth-order valence-corrected chi connectivity index (χ4v) is 3.54. The minimum atomic E-state index is -0.340. The molecule has 3 aromatic rings. The summed E-state index contributed by atoms with van der Waals surface area (Å²) in [6.07, 6.45) is 0.961. The quantitative estimate of drug-likeness (QED) is 0.613. The Bertz CT molecular complexity index is 928. The molecule has 0 amide bonds. The summed E-state index contributed by atoms with van der Waals surface area (Å²) in [7, 11) is 0. The number of fused-ring (bicyclic) bond motifs is 3. The van der Waals surface area contributed by atoms with E-state index in [1.54, 1.807) is 0 Å². The maximum atomic E-state index is 12.2. The summed E-state index contributed by atoms with van der Waals surface area (Å²) in [6, 6.07) is 9.84. The van der Waals surface area contributed by atoms with Gasteiger partial charge in [0.05, 0.1) is 17.7 Å². The predicted octanol–water partition coefficient (Wildman–Crippen LogP) is 4.15. The van der Waals surface area contributed by atoms with Crippen LogP contribution in [0.1, 0.15) is 30.9 Å². The SMILES string of the molecule is O=C1CC[C@@H](c2noc3ccc4cc(Br)ccc4c23)C(=O)C1. The lowest BCUT2D eigenvalue weighted by Gasteiger charge is -2.17. The van der Waals surface area contributed by atoms with Gasteiger partial charge in [0.2, 0.25) is 0 Å². The van der Waals surface area contributed by atoms with Gasteiger partial charge in [-0.25, -0.2) is 0 Å². The smallest absolute Gasteiger partial charge is 0.167 e. The van der Waals surface area contributed by atoms with Gasteiger partial charge >= 0.3 is 0 Å². The van der Waals surface area contributed by atoms with Crippen LogP contribution in [0.4, 0.5) is 0 Å². The zero-order valence-electron chi connectivity index (χ0n) is 11.6. The summed E-state index contributed by atoms with van der Waals surface area (Å²) in [4.78, 5) is 23.7. The van der Waals surface area contributed by atoms with Crippen molar-refractivity contribution in [3.05, 3.63) is 40.5 Å². The Hall–Kier alpha value is -2.01. The number of aromatic nitrogens is 1. The lowest BCUT2D eigenvalue weighted by molar-refractivity contribution is -0.130. The van der Waals surface area contributed by atoms with Crippen molar-refractivity contribution in [3.8, 4) is 0 Å². The van der Waals surface area contributed by atoms with Gasteiger partial charge in [-0.1, -0.05) is 33.2 Å². The van der Waals surface area contributed by atoms with E-state index >= 15 is 0 Å². The van der Waals surface area contributed by atoms with Crippen LogP contribution in [0.3, 0.4) is 0 Å². The molecule has 4 nitrogen and oxygen atoms in total. The number of nitrogens with zero attached hydrogens (tertiary/aromatic N) is 1. The first-order chi connectivity index (χ1) is 10.6. The van der Waals surface area contributed by atoms with Crippen LogP contribution >= 0.6 is 15.9 Å². The van der Waals surface area contributed by atoms with Crippen molar-refractivity contribution in [2.24, 2.45) is 0 Å². The largest absolute Gasteiger partial charge is 0.356 e. The molecule has 0 N–H and O–H groups in total. The van der Waals surface area contributed by atoms with Gasteiger partial charge < -0.3 is 4.52 Å². The van der Waals surface area contributed by atoms with Gasteiger partial charge in [-0.2, -0.15) is 0 Å². The lowest BCUT2D eigenvalue weighted by atomic mass is 9.83. The van der Waals surface area contributed by atoms with E-state index in [-0.39, 0.29) is 23.9 Å². The van der Waals surface area contributed by atoms with Gasteiger partial charge in [0, 0.05) is 10.9 Å². The number of benzene rings is 2. The van der Waals surface area contributed by atoms with E-state index in [2.05, 4.69) is 21.1 Å². The van der Waals surface area contributed by atoms with Gasteiger partial charge in [-0.3, -0.25) is 9.59 Å². The van der Waals surface area contributed by atoms with Crippen molar-refractivity contribution in [3.63, 3.8) is 0 Å². The minimum absolute atomic E-state index is 0.00926. The second-order valence-corrected chi connectivity index (χ2v) is 6.56. The Labute approximate surface area is 134 Å². The highest BCUT2D eigenvalue weighted by atomic mass is 79.9. The Morgan fingerprint density at radius 2 is 2.05 bits per heavy atom. The van der Waals surface area contributed by atoms with Crippen molar-refractivity contribution >= 4 is 49.2 Å². The van der Waals surface area contributed by atoms with Crippen LogP contribution in [0, 0.1) is 0 Å². The fourth-order valence-electron chi connectivity index (χ4n) is 3.16. The second-order valence-electron chi connectivity index (χ2n) is 5.64. The zero-order valence-corrected chi connectivity index (χ0v) is 13.2. The molecule has 0 spiro atoms. The van der Waals surface area contributed by atoms with Crippen LogP contribution in [0.5, 0.6) is 0 Å². The summed E-state index contributed by atoms with van der Waals surface area (Å²) >= 11 is 3.47. The number of carbonyl (C=O) groups is 2. The molecule has 1 aromatic heterocycles. The molecular weight excluding hydrogens is 346 g/mol. The summed E-state index contributed by atoms with van der Waals surface area (Å²) in [5, 5.41) is 7.11. The van der Waals surface area contributed by atoms with E-state index in [0.717, 1.165) is 20.6 Å². The van der Waals surface area contributed by atoms with Gasteiger partial charge in [0.1, 0.15) is 17.3 Å². The Morgan fingerprint density at radius 1 is 1.18 bits per heavy atom. The molecule has 110 valence electrons. The maximum absolute atomic E-state index is 12.2. The number of rotatable bonds is 1. The van der Waals surface area contributed by atoms with Gasteiger partial charge in [0.15, 0.2) is 5.58 Å². The molecule has 2 aromatic carbocycles. The summed E-state index contributed by atoms with van der Waals surface area (Å²) in [5.74, 6) is -0.378. The molecule has 4 rings (SSSR count). The highest BCUT2D eigenvalue weighted by molar-refractivity contribution is 9.10. The molecule has 1 aliphatic rings. The minimum Gasteiger partial charge on any atom is -0.356 e. The summed E-state index contributed by atoms with van der Waals surface area (Å²) in [6.45, 7) is 0. The molecule has 22 heavy (non-hydrogen) atoms. The highest BCUT2D eigenvalue weighted by Gasteiger charge is 2.32. The lowest BCUT2D eigenvalue weighted by Crippen LogP contribution is -2.23. The Kier molecular flexibility index (Phi) is 3.11. The van der Waals surface area contributed by atoms with E-state index in [0.29, 0.717) is 24.1 Å². The molecule has 0 bridgehead atoms. The van der Waals surface area contributed by atoms with Crippen LogP contribution in [0.25, 0.3) is 21.7 Å². The number of hydrogen-bond donors (Lipinski definition) is 0. The predicted molar refractivity (Wildman–Crippen MR) is 85.8 cm³/mol. The number of halogens is 1. The molecule has 0 unspecified atom stereocenters. The first-order valence-electron chi connectivity index (χ1n) is 7.15. The molecular formula is C17H12BrNO3. The third-order valence-electron chi connectivity index (χ3n) is 4.24. The molecule has 1 heterocycles. The van der Waals surface area contributed by atoms with Crippen molar-refractivity contribution in [2.45, 2.75) is 25.2 Å². The number of Topliss-reactive ketones (excluding diaryl/α,β-unsaturated/α-hetero) is 2. The zero-order chi connectivity index (χ0) is 15.3. The molecule has 0 radical (unpaired) electrons. The fraction of sp³-hybridized carbons (Fsp3) is 0.235. The highest BCUT2D eigenvalue weighted by Crippen LogP contribution is 2.37. The van der Waals surface area contributed by atoms with Crippen LogP contribution in [-0.2, 0) is 9.59 Å². The van der Waals surface area contributed by atoms with Gasteiger partial charge in [-0.05, 0) is 35.4 Å². The third kappa shape index (κ3) is 2.08. The van der Waals surface area contributed by atoms with E-state index in [4.69, 9.17) is 4.52 Å². The monoisotopic (exact) mass is 357 g/mol. The Balaban J connectivity index is 1.95. The number of hydrogen-bond acceptors (Lipinski definition) is 4. The van der Waals surface area contributed by atoms with Crippen molar-refractivity contribution < 1.29 is 14.1 Å². The molecule has 1 atom stereocenters. The van der Waals surface area contributed by atoms with Crippen molar-refractivity contribution in [2.75, 3.05) is 0 Å². The van der Waals surface area contributed by atoms with E-state index < -0.39 is 0 Å². The summed E-state index contributed by atoms with van der Waals surface area (Å²) < 4.78 is 6.41. The summed E-state index contributed by atoms with van der Waals surface area (Å²) in [5.41, 5.74) is 1.34. The molecule has 0 saturated heterocycles. The topological polar surface area (TPSA) is 60.2 Å². The van der Waals surface area contributed by atoms with E-state index in [1.807, 2.05) is 30.3 Å². The first-order valence-corrected chi connectivity index (χ1v) is 7.95. The average Bonchev–Trinajstić information content (AvgIpc) is 2.91. The average molecular weight is 358 g/mol.